The molecule has 2 atom stereocenters. The van der Waals surface area contributed by atoms with Crippen LogP contribution in [0, 0.1) is 10.1 Å². The number of ether oxygens (including phenoxy) is 2. The number of oxime groups is 1. The summed E-state index contributed by atoms with van der Waals surface area (Å²) >= 11 is 2.33. The average molecular weight is 683 g/mol. The number of nitrogens with one attached hydrogen (secondary N) is 1. The number of pyridine rings is 1. The number of nitro groups is 1. The van der Waals surface area contributed by atoms with E-state index >= 15 is 0 Å². The standard InChI is InChI=1S/C29H27N7O9S2/c1-43-20-8-9-34(12-21(20)44-2)11-15-4-5-16(19(10-15)36(41)42)6-7-17-13-46-27-23(26(38)35(27)24(17)28(39)40)32-25(37)22(33-45-3)18-14-47-29(30)31-18/h4-10,12,14,23,27H,11,13H2,1-3H3,(H3-,30,31,32,37,39,40)/p+1/b7-6+,33-22-/t23-,27-/m1/s1. The molecule has 1 saturated heterocycles. The highest BCUT2D eigenvalue weighted by Gasteiger charge is 2.54. The molecule has 0 bridgehead atoms. The number of aliphatic carboxylic acids is 1. The zero-order valence-corrected chi connectivity index (χ0v) is 26.7. The molecule has 3 aromatic rings. The maximum atomic E-state index is 13.2. The van der Waals surface area contributed by atoms with Crippen molar-refractivity contribution >= 4 is 63.5 Å². The molecule has 0 aliphatic carbocycles. The molecule has 2 aliphatic heterocycles. The van der Waals surface area contributed by atoms with Gasteiger partial charge in [-0.3, -0.25) is 24.6 Å². The molecule has 1 aromatic carbocycles. The number of amides is 2. The number of carbonyl (C=O) groups excluding carboxylic acids is 2. The lowest BCUT2D eigenvalue weighted by atomic mass is 10.0. The van der Waals surface area contributed by atoms with Gasteiger partial charge in [0.2, 0.25) is 11.9 Å². The predicted octanol–water partition coefficient (Wildman–Crippen LogP) is 1.79. The first-order valence-electron chi connectivity index (χ1n) is 13.7. The number of methoxy groups -OCH3 is 2. The second-order valence-electron chi connectivity index (χ2n) is 9.97. The van der Waals surface area contributed by atoms with Crippen LogP contribution in [-0.2, 0) is 25.8 Å². The van der Waals surface area contributed by atoms with Crippen LogP contribution in [0.15, 0.2) is 64.5 Å². The van der Waals surface area contributed by atoms with Crippen molar-refractivity contribution in [3.8, 4) is 11.5 Å². The highest BCUT2D eigenvalue weighted by Crippen LogP contribution is 2.41. The number of allylic oxidation sites excluding steroid dienone is 1. The van der Waals surface area contributed by atoms with Crippen molar-refractivity contribution in [2.45, 2.75) is 18.0 Å². The lowest BCUT2D eigenvalue weighted by molar-refractivity contribution is -0.688. The van der Waals surface area contributed by atoms with Crippen LogP contribution in [0.1, 0.15) is 16.8 Å². The van der Waals surface area contributed by atoms with Crippen LogP contribution < -0.4 is 25.1 Å². The molecular weight excluding hydrogens is 654 g/mol. The number of thiazole rings is 1. The van der Waals surface area contributed by atoms with Crippen molar-refractivity contribution < 1.29 is 43.3 Å². The number of nitrogen functional groups attached to an aromatic ring is 1. The van der Waals surface area contributed by atoms with Gasteiger partial charge in [0, 0.05) is 28.8 Å². The zero-order valence-electron chi connectivity index (χ0n) is 25.1. The van der Waals surface area contributed by atoms with Crippen LogP contribution in [0.3, 0.4) is 0 Å². The van der Waals surface area contributed by atoms with E-state index in [1.165, 1.54) is 56.7 Å². The predicted molar refractivity (Wildman–Crippen MR) is 171 cm³/mol. The third-order valence-corrected chi connectivity index (χ3v) is 9.13. The Bertz CT molecular complexity index is 1860. The maximum absolute atomic E-state index is 13.2. The van der Waals surface area contributed by atoms with E-state index in [9.17, 15) is 29.6 Å². The molecule has 244 valence electrons. The largest absolute Gasteiger partial charge is 0.492 e. The summed E-state index contributed by atoms with van der Waals surface area (Å²) in [5.41, 5.74) is 6.33. The van der Waals surface area contributed by atoms with Crippen LogP contribution in [-0.4, -0.2) is 81.9 Å². The number of carboxylic acids is 1. The van der Waals surface area contributed by atoms with E-state index in [-0.39, 0.29) is 44.8 Å². The number of nitrogens with zero attached hydrogens (tertiary/aromatic N) is 5. The number of nitrogens with two attached hydrogens (primary N) is 1. The summed E-state index contributed by atoms with van der Waals surface area (Å²) < 4.78 is 12.4. The minimum atomic E-state index is -1.36. The molecule has 4 N–H and O–H groups in total. The van der Waals surface area contributed by atoms with Gasteiger partial charge in [-0.2, -0.15) is 4.57 Å². The normalized spacial score (nSPS) is 17.6. The molecule has 0 unspecified atom stereocenters. The van der Waals surface area contributed by atoms with Gasteiger partial charge in [-0.05, 0) is 17.7 Å². The summed E-state index contributed by atoms with van der Waals surface area (Å²) in [5.74, 6) is -1.55. The fraction of sp³-hybridized carbons (Fsp3) is 0.241. The Morgan fingerprint density at radius 3 is 2.66 bits per heavy atom. The molecular formula is C29H28N7O9S2+. The number of fused-ring (bicyclic) bond motifs is 1. The molecule has 1 fully saturated rings. The van der Waals surface area contributed by atoms with Gasteiger partial charge in [0.05, 0.1) is 24.7 Å². The monoisotopic (exact) mass is 682 g/mol. The summed E-state index contributed by atoms with van der Waals surface area (Å²) in [7, 11) is 4.28. The summed E-state index contributed by atoms with van der Waals surface area (Å²) in [5, 5.41) is 29.3. The Hall–Kier alpha value is -5.49. The van der Waals surface area contributed by atoms with Gasteiger partial charge < -0.3 is 30.5 Å². The first kappa shape index (κ1) is 32.9. The van der Waals surface area contributed by atoms with Gasteiger partial charge in [-0.25, -0.2) is 9.78 Å². The van der Waals surface area contributed by atoms with Crippen molar-refractivity contribution in [3.05, 3.63) is 86.3 Å². The molecule has 5 rings (SSSR count). The van der Waals surface area contributed by atoms with Gasteiger partial charge in [-0.15, -0.1) is 23.1 Å². The topological polar surface area (TPSA) is 213 Å². The fourth-order valence-electron chi connectivity index (χ4n) is 4.98. The highest BCUT2D eigenvalue weighted by molar-refractivity contribution is 8.00. The number of nitro benzene ring substituents is 1. The molecule has 2 amide bonds. The van der Waals surface area contributed by atoms with E-state index in [1.807, 2.05) is 0 Å². The fourth-order valence-corrected chi connectivity index (χ4v) is 6.85. The summed E-state index contributed by atoms with van der Waals surface area (Å²) in [4.78, 5) is 59.8. The third kappa shape index (κ3) is 6.73. The van der Waals surface area contributed by atoms with Gasteiger partial charge in [0.1, 0.15) is 29.9 Å². The quantitative estimate of drug-likeness (QED) is 0.0820. The maximum Gasteiger partial charge on any atom is 0.352 e. The van der Waals surface area contributed by atoms with Gasteiger partial charge >= 0.3 is 5.97 Å². The number of hydrogen-bond acceptors (Lipinski definition) is 13. The zero-order chi connectivity index (χ0) is 33.8. The van der Waals surface area contributed by atoms with E-state index in [1.54, 1.807) is 35.2 Å². The Morgan fingerprint density at radius 2 is 2.02 bits per heavy atom. The number of carbonyl (C=O) groups is 3. The van der Waals surface area contributed by atoms with Crippen molar-refractivity contribution in [2.24, 2.45) is 5.16 Å². The molecule has 0 saturated carbocycles. The van der Waals surface area contributed by atoms with E-state index in [0.29, 0.717) is 23.6 Å². The molecule has 2 aliphatic rings. The lowest BCUT2D eigenvalue weighted by Crippen LogP contribution is -2.71. The number of carboxylic acid groups (broad SMARTS) is 1. The Labute approximate surface area is 275 Å². The summed E-state index contributed by atoms with van der Waals surface area (Å²) in [6.45, 7) is 0.308. The molecule has 2 aromatic heterocycles. The van der Waals surface area contributed by atoms with Crippen molar-refractivity contribution in [3.63, 3.8) is 0 Å². The highest BCUT2D eigenvalue weighted by atomic mass is 32.2. The van der Waals surface area contributed by atoms with E-state index < -0.39 is 34.1 Å². The number of benzene rings is 1. The average Bonchev–Trinajstić information content (AvgIpc) is 3.49. The SMILES string of the molecule is CO/N=C(\C(=O)N[C@@H]1C(=O)N2C(C(=O)O)=C(/C=C/c3ccc(C[n+]4ccc(OC)c(OC)c4)cc3[N+](=O)[O-])CS[C@H]12)c1csc(N)n1. The van der Waals surface area contributed by atoms with Gasteiger partial charge in [0.15, 0.2) is 29.3 Å². The molecule has 4 heterocycles. The van der Waals surface area contributed by atoms with Crippen molar-refractivity contribution in [1.29, 1.82) is 0 Å². The van der Waals surface area contributed by atoms with Crippen LogP contribution in [0.2, 0.25) is 0 Å². The molecule has 0 radical (unpaired) electrons. The number of anilines is 1. The van der Waals surface area contributed by atoms with E-state index in [4.69, 9.17) is 20.0 Å². The Morgan fingerprint density at radius 1 is 1.26 bits per heavy atom. The number of aromatic nitrogens is 2. The molecule has 0 spiro atoms. The minimum absolute atomic E-state index is 0.155. The summed E-state index contributed by atoms with van der Waals surface area (Å²) in [6.07, 6.45) is 6.36. The smallest absolute Gasteiger partial charge is 0.352 e. The minimum Gasteiger partial charge on any atom is -0.492 e. The first-order chi connectivity index (χ1) is 22.6. The van der Waals surface area contributed by atoms with Crippen LogP contribution in [0.4, 0.5) is 10.8 Å². The van der Waals surface area contributed by atoms with Crippen LogP contribution in [0.5, 0.6) is 11.5 Å². The number of β-lactam (4-membered cyclic amide) rings is 1. The first-order valence-corrected chi connectivity index (χ1v) is 15.6. The van der Waals surface area contributed by atoms with Gasteiger partial charge in [0.25, 0.3) is 17.5 Å². The lowest BCUT2D eigenvalue weighted by Gasteiger charge is -2.49. The van der Waals surface area contributed by atoms with Gasteiger partial charge in [-0.1, -0.05) is 17.3 Å². The second kappa shape index (κ2) is 13.9. The summed E-state index contributed by atoms with van der Waals surface area (Å²) in [6, 6.07) is 5.41. The van der Waals surface area contributed by atoms with E-state index in [0.717, 1.165) is 16.2 Å². The molecule has 16 nitrogen and oxygen atoms in total. The van der Waals surface area contributed by atoms with Crippen LogP contribution in [0.25, 0.3) is 6.08 Å². The van der Waals surface area contributed by atoms with Crippen LogP contribution >= 0.6 is 23.1 Å². The van der Waals surface area contributed by atoms with Crippen molar-refractivity contribution in [1.82, 2.24) is 15.2 Å². The van der Waals surface area contributed by atoms with Crippen molar-refractivity contribution in [2.75, 3.05) is 32.8 Å². The Kier molecular flexibility index (Phi) is 9.71. The number of thioether (sulfide) groups is 1. The Balaban J connectivity index is 1.35. The molecule has 18 heteroatoms. The molecule has 47 heavy (non-hydrogen) atoms. The van der Waals surface area contributed by atoms with E-state index in [2.05, 4.69) is 15.5 Å². The third-order valence-electron chi connectivity index (χ3n) is 7.15. The number of rotatable bonds is 12. The number of hydrogen-bond donors (Lipinski definition) is 3. The second-order valence-corrected chi connectivity index (χ2v) is 12.0.